The van der Waals surface area contributed by atoms with Crippen molar-refractivity contribution < 1.29 is 13.6 Å². The third-order valence-electron chi connectivity index (χ3n) is 5.52. The van der Waals surface area contributed by atoms with Gasteiger partial charge in [0.05, 0.1) is 0 Å². The minimum absolute atomic E-state index is 0.0629. The molecule has 1 aromatic carbocycles. The zero-order valence-electron chi connectivity index (χ0n) is 17.0. The van der Waals surface area contributed by atoms with E-state index in [1.54, 1.807) is 4.90 Å². The van der Waals surface area contributed by atoms with Crippen molar-refractivity contribution in [1.82, 2.24) is 14.9 Å². The zero-order valence-corrected chi connectivity index (χ0v) is 17.0. The standard InChI is InChI=1S/C22H25F2N5O/c1-16-25-20(27-8-2-3-9-27)15-21(26-16)28-10-12-29(13-11-28)22(30)7-4-17-14-18(23)5-6-19(17)24/h4-7,14-15H,2-3,8-13H2,1H3/b7-4+. The third-order valence-corrected chi connectivity index (χ3v) is 5.52. The fourth-order valence-corrected chi connectivity index (χ4v) is 3.87. The van der Waals surface area contributed by atoms with Crippen LogP contribution >= 0.6 is 0 Å². The summed E-state index contributed by atoms with van der Waals surface area (Å²) in [6.07, 6.45) is 5.00. The fourth-order valence-electron chi connectivity index (χ4n) is 3.87. The minimum Gasteiger partial charge on any atom is -0.356 e. The van der Waals surface area contributed by atoms with Crippen LogP contribution in [0.2, 0.25) is 0 Å². The Morgan fingerprint density at radius 3 is 2.23 bits per heavy atom. The number of rotatable bonds is 4. The fraction of sp³-hybridized carbons (Fsp3) is 0.409. The lowest BCUT2D eigenvalue weighted by Crippen LogP contribution is -2.48. The van der Waals surface area contributed by atoms with Gasteiger partial charge in [0.2, 0.25) is 5.91 Å². The molecule has 1 aromatic heterocycles. The van der Waals surface area contributed by atoms with Gasteiger partial charge in [0, 0.05) is 57.0 Å². The smallest absolute Gasteiger partial charge is 0.246 e. The topological polar surface area (TPSA) is 52.6 Å². The number of carbonyl (C=O) groups excluding carboxylic acids is 1. The van der Waals surface area contributed by atoms with Gasteiger partial charge in [-0.05, 0) is 44.0 Å². The molecule has 3 heterocycles. The van der Waals surface area contributed by atoms with Gasteiger partial charge < -0.3 is 14.7 Å². The van der Waals surface area contributed by atoms with Gasteiger partial charge in [-0.1, -0.05) is 0 Å². The Morgan fingerprint density at radius 2 is 1.57 bits per heavy atom. The monoisotopic (exact) mass is 413 g/mol. The van der Waals surface area contributed by atoms with Crippen molar-refractivity contribution in [2.45, 2.75) is 19.8 Å². The van der Waals surface area contributed by atoms with Crippen molar-refractivity contribution >= 4 is 23.6 Å². The summed E-state index contributed by atoms with van der Waals surface area (Å²) in [7, 11) is 0. The highest BCUT2D eigenvalue weighted by molar-refractivity contribution is 5.92. The summed E-state index contributed by atoms with van der Waals surface area (Å²) in [6.45, 7) is 6.34. The molecular weight excluding hydrogens is 388 g/mol. The molecule has 0 aliphatic carbocycles. The molecule has 8 heteroatoms. The second kappa shape index (κ2) is 8.77. The zero-order chi connectivity index (χ0) is 21.1. The van der Waals surface area contributed by atoms with Crippen LogP contribution in [0.25, 0.3) is 6.08 Å². The lowest BCUT2D eigenvalue weighted by atomic mass is 10.2. The van der Waals surface area contributed by atoms with Gasteiger partial charge in [-0.15, -0.1) is 0 Å². The molecule has 4 rings (SSSR count). The number of hydrogen-bond donors (Lipinski definition) is 0. The average molecular weight is 413 g/mol. The summed E-state index contributed by atoms with van der Waals surface area (Å²) in [5.74, 6) is 1.29. The molecule has 30 heavy (non-hydrogen) atoms. The summed E-state index contributed by atoms with van der Waals surface area (Å²) >= 11 is 0. The summed E-state index contributed by atoms with van der Waals surface area (Å²) in [5.41, 5.74) is 0.0629. The molecule has 158 valence electrons. The number of anilines is 2. The van der Waals surface area contributed by atoms with Crippen molar-refractivity contribution in [2.24, 2.45) is 0 Å². The number of hydrogen-bond acceptors (Lipinski definition) is 5. The molecule has 2 aromatic rings. The van der Waals surface area contributed by atoms with Crippen LogP contribution in [0.1, 0.15) is 24.2 Å². The molecule has 2 aliphatic heterocycles. The molecule has 2 saturated heterocycles. The second-order valence-corrected chi connectivity index (χ2v) is 7.64. The van der Waals surface area contributed by atoms with E-state index >= 15 is 0 Å². The third kappa shape index (κ3) is 4.58. The van der Waals surface area contributed by atoms with Gasteiger partial charge in [-0.25, -0.2) is 18.7 Å². The Labute approximate surface area is 174 Å². The Kier molecular flexibility index (Phi) is 5.92. The van der Waals surface area contributed by atoms with E-state index < -0.39 is 11.6 Å². The number of nitrogens with zero attached hydrogens (tertiary/aromatic N) is 5. The number of benzene rings is 1. The highest BCUT2D eigenvalue weighted by Gasteiger charge is 2.22. The molecule has 2 aliphatic rings. The van der Waals surface area contributed by atoms with Crippen LogP contribution < -0.4 is 9.80 Å². The molecule has 0 unspecified atom stereocenters. The van der Waals surface area contributed by atoms with Crippen LogP contribution in [-0.2, 0) is 4.79 Å². The molecule has 0 saturated carbocycles. The van der Waals surface area contributed by atoms with Crippen molar-refractivity contribution in [2.75, 3.05) is 49.1 Å². The first-order chi connectivity index (χ1) is 14.5. The predicted molar refractivity (Wildman–Crippen MR) is 112 cm³/mol. The first kappa shape index (κ1) is 20.3. The van der Waals surface area contributed by atoms with E-state index in [-0.39, 0.29) is 11.5 Å². The minimum atomic E-state index is -0.557. The molecule has 0 atom stereocenters. The van der Waals surface area contributed by atoms with E-state index in [2.05, 4.69) is 19.8 Å². The Morgan fingerprint density at radius 1 is 0.933 bits per heavy atom. The van der Waals surface area contributed by atoms with Crippen LogP contribution in [0, 0.1) is 18.6 Å². The van der Waals surface area contributed by atoms with E-state index in [0.29, 0.717) is 26.2 Å². The SMILES string of the molecule is Cc1nc(N2CCCC2)cc(N2CCN(C(=O)/C=C/c3cc(F)ccc3F)CC2)n1. The molecule has 0 N–H and O–H groups in total. The molecule has 0 spiro atoms. The normalized spacial score (nSPS) is 17.2. The van der Waals surface area contributed by atoms with E-state index in [1.807, 2.05) is 13.0 Å². The maximum Gasteiger partial charge on any atom is 0.246 e. The van der Waals surface area contributed by atoms with Gasteiger partial charge in [-0.3, -0.25) is 4.79 Å². The molecule has 0 bridgehead atoms. The summed E-state index contributed by atoms with van der Waals surface area (Å²) in [6, 6.07) is 5.21. The Balaban J connectivity index is 1.38. The Bertz CT molecular complexity index is 951. The van der Waals surface area contributed by atoms with Gasteiger partial charge in [0.1, 0.15) is 29.1 Å². The second-order valence-electron chi connectivity index (χ2n) is 7.64. The van der Waals surface area contributed by atoms with E-state index in [9.17, 15) is 13.6 Å². The lowest BCUT2D eigenvalue weighted by molar-refractivity contribution is -0.126. The van der Waals surface area contributed by atoms with Gasteiger partial charge >= 0.3 is 0 Å². The largest absolute Gasteiger partial charge is 0.356 e. The summed E-state index contributed by atoms with van der Waals surface area (Å²) in [5, 5.41) is 0. The van der Waals surface area contributed by atoms with Crippen molar-refractivity contribution in [3.63, 3.8) is 0 Å². The maximum absolute atomic E-state index is 13.7. The highest BCUT2D eigenvalue weighted by atomic mass is 19.1. The highest BCUT2D eigenvalue weighted by Crippen LogP contribution is 2.23. The van der Waals surface area contributed by atoms with Crippen LogP contribution in [-0.4, -0.2) is 60.0 Å². The molecule has 2 fully saturated rings. The molecule has 1 amide bonds. The molecular formula is C22H25F2N5O. The maximum atomic E-state index is 13.7. The van der Waals surface area contributed by atoms with Crippen LogP contribution in [0.3, 0.4) is 0 Å². The van der Waals surface area contributed by atoms with Gasteiger partial charge in [0.25, 0.3) is 0 Å². The van der Waals surface area contributed by atoms with Gasteiger partial charge in [-0.2, -0.15) is 0 Å². The number of piperazine rings is 1. The molecule has 0 radical (unpaired) electrons. The first-order valence-electron chi connectivity index (χ1n) is 10.3. The van der Waals surface area contributed by atoms with Crippen molar-refractivity contribution in [3.05, 3.63) is 53.4 Å². The Hall–Kier alpha value is -3.03. The van der Waals surface area contributed by atoms with E-state index in [0.717, 1.165) is 48.7 Å². The van der Waals surface area contributed by atoms with Crippen LogP contribution in [0.5, 0.6) is 0 Å². The lowest BCUT2D eigenvalue weighted by Gasteiger charge is -2.35. The van der Waals surface area contributed by atoms with E-state index in [1.165, 1.54) is 25.0 Å². The quantitative estimate of drug-likeness (QED) is 0.722. The summed E-state index contributed by atoms with van der Waals surface area (Å²) in [4.78, 5) is 27.8. The van der Waals surface area contributed by atoms with Gasteiger partial charge in [0.15, 0.2) is 0 Å². The number of amides is 1. The van der Waals surface area contributed by atoms with Crippen LogP contribution in [0.15, 0.2) is 30.3 Å². The van der Waals surface area contributed by atoms with E-state index in [4.69, 9.17) is 0 Å². The van der Waals surface area contributed by atoms with Crippen LogP contribution in [0.4, 0.5) is 20.4 Å². The number of halogens is 2. The van der Waals surface area contributed by atoms with Crippen molar-refractivity contribution in [3.8, 4) is 0 Å². The number of carbonyl (C=O) groups is 1. The predicted octanol–water partition coefficient (Wildman–Crippen LogP) is 3.03. The molecule has 6 nitrogen and oxygen atoms in total. The first-order valence-corrected chi connectivity index (χ1v) is 10.3. The van der Waals surface area contributed by atoms with Crippen molar-refractivity contribution in [1.29, 1.82) is 0 Å². The summed E-state index contributed by atoms with van der Waals surface area (Å²) < 4.78 is 27.0. The number of aromatic nitrogens is 2. The average Bonchev–Trinajstić information content (AvgIpc) is 3.29. The number of aryl methyl sites for hydroxylation is 1.